The minimum atomic E-state index is -0.258. The third kappa shape index (κ3) is 4.64. The maximum Gasteiger partial charge on any atom is 0.332 e. The predicted octanol–water partition coefficient (Wildman–Crippen LogP) is 2.06. The number of carbonyl (C=O) groups excluding carboxylic acids is 1. The second-order valence-electron chi connectivity index (χ2n) is 4.89. The standard InChI is InChI=1S/C13H22O4/c14-13(10-16-11-5-1-2-6-11)17-9-12-7-3-4-8-15-12/h11-12H,1-10H2. The first-order valence-corrected chi connectivity index (χ1v) is 6.73. The lowest BCUT2D eigenvalue weighted by Crippen LogP contribution is -2.27. The molecule has 2 fully saturated rings. The van der Waals surface area contributed by atoms with Gasteiger partial charge in [-0.3, -0.25) is 0 Å². The fourth-order valence-corrected chi connectivity index (χ4v) is 2.41. The molecule has 0 aromatic carbocycles. The van der Waals surface area contributed by atoms with E-state index in [1.54, 1.807) is 0 Å². The van der Waals surface area contributed by atoms with E-state index in [-0.39, 0.29) is 24.8 Å². The summed E-state index contributed by atoms with van der Waals surface area (Å²) in [5.74, 6) is -0.258. The van der Waals surface area contributed by atoms with E-state index in [0.29, 0.717) is 6.61 Å². The molecule has 1 atom stereocenters. The second-order valence-corrected chi connectivity index (χ2v) is 4.89. The quantitative estimate of drug-likeness (QED) is 0.692. The van der Waals surface area contributed by atoms with Crippen molar-refractivity contribution in [1.29, 1.82) is 0 Å². The molecule has 17 heavy (non-hydrogen) atoms. The summed E-state index contributed by atoms with van der Waals surface area (Å²) in [6.45, 7) is 1.27. The van der Waals surface area contributed by atoms with Crippen molar-refractivity contribution < 1.29 is 19.0 Å². The highest BCUT2D eigenvalue weighted by molar-refractivity contribution is 5.70. The molecule has 4 nitrogen and oxygen atoms in total. The zero-order valence-corrected chi connectivity index (χ0v) is 10.4. The van der Waals surface area contributed by atoms with Crippen molar-refractivity contribution in [3.05, 3.63) is 0 Å². The molecular weight excluding hydrogens is 220 g/mol. The van der Waals surface area contributed by atoms with Crippen LogP contribution in [0.3, 0.4) is 0 Å². The van der Waals surface area contributed by atoms with E-state index in [2.05, 4.69) is 0 Å². The average Bonchev–Trinajstić information content (AvgIpc) is 2.88. The Morgan fingerprint density at radius 2 is 1.88 bits per heavy atom. The maximum absolute atomic E-state index is 11.4. The molecule has 0 radical (unpaired) electrons. The summed E-state index contributed by atoms with van der Waals surface area (Å²) < 4.78 is 16.1. The Morgan fingerprint density at radius 1 is 1.12 bits per heavy atom. The summed E-state index contributed by atoms with van der Waals surface area (Å²) in [6.07, 6.45) is 8.25. The van der Waals surface area contributed by atoms with Gasteiger partial charge < -0.3 is 14.2 Å². The van der Waals surface area contributed by atoms with Crippen LogP contribution in [-0.2, 0) is 19.0 Å². The molecule has 1 aliphatic heterocycles. The zero-order chi connectivity index (χ0) is 11.9. The fourth-order valence-electron chi connectivity index (χ4n) is 2.41. The number of hydrogen-bond donors (Lipinski definition) is 0. The van der Waals surface area contributed by atoms with Crippen molar-refractivity contribution in [2.24, 2.45) is 0 Å². The van der Waals surface area contributed by atoms with Crippen LogP contribution in [0, 0.1) is 0 Å². The number of ether oxygens (including phenoxy) is 3. The molecule has 1 unspecified atom stereocenters. The van der Waals surface area contributed by atoms with Gasteiger partial charge in [-0.2, -0.15) is 0 Å². The van der Waals surface area contributed by atoms with E-state index < -0.39 is 0 Å². The van der Waals surface area contributed by atoms with Crippen LogP contribution in [-0.4, -0.2) is 38.0 Å². The van der Waals surface area contributed by atoms with Gasteiger partial charge in [0.15, 0.2) is 0 Å². The zero-order valence-electron chi connectivity index (χ0n) is 10.4. The van der Waals surface area contributed by atoms with Gasteiger partial charge in [-0.25, -0.2) is 4.79 Å². The molecule has 0 spiro atoms. The molecule has 0 aromatic rings. The lowest BCUT2D eigenvalue weighted by Gasteiger charge is -2.22. The van der Waals surface area contributed by atoms with Crippen molar-refractivity contribution in [2.75, 3.05) is 19.8 Å². The van der Waals surface area contributed by atoms with Crippen LogP contribution in [0.4, 0.5) is 0 Å². The third-order valence-electron chi connectivity index (χ3n) is 3.44. The van der Waals surface area contributed by atoms with Crippen molar-refractivity contribution >= 4 is 5.97 Å². The Bertz CT molecular complexity index is 230. The van der Waals surface area contributed by atoms with Crippen LogP contribution in [0.2, 0.25) is 0 Å². The highest BCUT2D eigenvalue weighted by Crippen LogP contribution is 2.20. The Hall–Kier alpha value is -0.610. The van der Waals surface area contributed by atoms with Gasteiger partial charge in [0.25, 0.3) is 0 Å². The van der Waals surface area contributed by atoms with Crippen LogP contribution < -0.4 is 0 Å². The SMILES string of the molecule is O=C(COC1CCCC1)OCC1CCCCO1. The first-order chi connectivity index (χ1) is 8.34. The molecule has 98 valence electrons. The maximum atomic E-state index is 11.4. The topological polar surface area (TPSA) is 44.8 Å². The van der Waals surface area contributed by atoms with Gasteiger partial charge in [0.2, 0.25) is 0 Å². The molecule has 0 amide bonds. The molecule has 1 saturated heterocycles. The van der Waals surface area contributed by atoms with Crippen LogP contribution in [0.5, 0.6) is 0 Å². The lowest BCUT2D eigenvalue weighted by molar-refractivity contribution is -0.156. The number of carbonyl (C=O) groups is 1. The molecule has 0 aromatic heterocycles. The van der Waals surface area contributed by atoms with Crippen LogP contribution in [0.1, 0.15) is 44.9 Å². The van der Waals surface area contributed by atoms with Crippen molar-refractivity contribution in [2.45, 2.75) is 57.2 Å². The van der Waals surface area contributed by atoms with E-state index in [4.69, 9.17) is 14.2 Å². The summed E-state index contributed by atoms with van der Waals surface area (Å²) in [4.78, 5) is 11.4. The normalized spacial score (nSPS) is 26.0. The van der Waals surface area contributed by atoms with Gasteiger partial charge >= 0.3 is 5.97 Å². The molecule has 4 heteroatoms. The highest BCUT2D eigenvalue weighted by atomic mass is 16.6. The van der Waals surface area contributed by atoms with Crippen molar-refractivity contribution in [1.82, 2.24) is 0 Å². The molecule has 2 aliphatic rings. The Balaban J connectivity index is 1.53. The average molecular weight is 242 g/mol. The summed E-state index contributed by atoms with van der Waals surface area (Å²) >= 11 is 0. The first kappa shape index (κ1) is 12.8. The summed E-state index contributed by atoms with van der Waals surface area (Å²) in [5.41, 5.74) is 0. The number of hydrogen-bond acceptors (Lipinski definition) is 4. The minimum absolute atomic E-state index is 0.0946. The van der Waals surface area contributed by atoms with E-state index in [1.807, 2.05) is 0 Å². The van der Waals surface area contributed by atoms with Gasteiger partial charge in [-0.05, 0) is 32.1 Å². The van der Waals surface area contributed by atoms with Crippen molar-refractivity contribution in [3.8, 4) is 0 Å². The number of rotatable bonds is 5. The largest absolute Gasteiger partial charge is 0.461 e. The van der Waals surface area contributed by atoms with E-state index in [9.17, 15) is 4.79 Å². The third-order valence-corrected chi connectivity index (χ3v) is 3.44. The molecule has 2 rings (SSSR count). The van der Waals surface area contributed by atoms with Gasteiger partial charge in [0.1, 0.15) is 13.2 Å². The molecule has 1 saturated carbocycles. The number of esters is 1. The van der Waals surface area contributed by atoms with Gasteiger partial charge in [0.05, 0.1) is 12.2 Å². The minimum Gasteiger partial charge on any atom is -0.461 e. The van der Waals surface area contributed by atoms with Crippen LogP contribution >= 0.6 is 0 Å². The molecule has 1 aliphatic carbocycles. The second kappa shape index (κ2) is 6.97. The smallest absolute Gasteiger partial charge is 0.332 e. The van der Waals surface area contributed by atoms with Crippen molar-refractivity contribution in [3.63, 3.8) is 0 Å². The van der Waals surface area contributed by atoms with Gasteiger partial charge in [0, 0.05) is 6.61 Å². The molecule has 1 heterocycles. The van der Waals surface area contributed by atoms with E-state index in [0.717, 1.165) is 32.3 Å². The van der Waals surface area contributed by atoms with E-state index in [1.165, 1.54) is 19.3 Å². The molecule has 0 N–H and O–H groups in total. The summed E-state index contributed by atoms with van der Waals surface area (Å²) in [7, 11) is 0. The van der Waals surface area contributed by atoms with Crippen LogP contribution in [0.15, 0.2) is 0 Å². The fraction of sp³-hybridized carbons (Fsp3) is 0.923. The summed E-state index contributed by atoms with van der Waals surface area (Å²) in [5, 5.41) is 0. The summed E-state index contributed by atoms with van der Waals surface area (Å²) in [6, 6.07) is 0. The van der Waals surface area contributed by atoms with Crippen LogP contribution in [0.25, 0.3) is 0 Å². The van der Waals surface area contributed by atoms with E-state index >= 15 is 0 Å². The Kier molecular flexibility index (Phi) is 5.26. The Labute approximate surface area is 103 Å². The Morgan fingerprint density at radius 3 is 2.59 bits per heavy atom. The predicted molar refractivity (Wildman–Crippen MR) is 62.8 cm³/mol. The first-order valence-electron chi connectivity index (χ1n) is 6.73. The van der Waals surface area contributed by atoms with Gasteiger partial charge in [-0.15, -0.1) is 0 Å². The van der Waals surface area contributed by atoms with Gasteiger partial charge in [-0.1, -0.05) is 12.8 Å². The molecule has 0 bridgehead atoms. The monoisotopic (exact) mass is 242 g/mol. The lowest BCUT2D eigenvalue weighted by atomic mass is 10.1. The molecular formula is C13H22O4. The highest BCUT2D eigenvalue weighted by Gasteiger charge is 2.19.